The molecule has 0 radical (unpaired) electrons. The van der Waals surface area contributed by atoms with Gasteiger partial charge in [-0.2, -0.15) is 5.10 Å². The summed E-state index contributed by atoms with van der Waals surface area (Å²) < 4.78 is 7.80. The van der Waals surface area contributed by atoms with Crippen LogP contribution >= 0.6 is 0 Å². The average molecular weight is 519 g/mol. The summed E-state index contributed by atoms with van der Waals surface area (Å²) in [4.78, 5) is 28.7. The van der Waals surface area contributed by atoms with E-state index >= 15 is 0 Å². The summed E-state index contributed by atoms with van der Waals surface area (Å²) in [5, 5.41) is 8.47. The standard InChI is InChI=1S/C31H42N4O3/c1-30(2)22-14-16-31(3,18-22)28(30)32-27(36)26-24-19-34(29(37)38-20-21-10-6-4-7-11-21)17-15-25(24)35(33-26)23-12-8-5-9-13-23/h4,6-7,10-11,22-23,28H,5,8-9,12-20H2,1-3H3,(H,32,36). The van der Waals surface area contributed by atoms with Gasteiger partial charge in [-0.15, -0.1) is 0 Å². The van der Waals surface area contributed by atoms with E-state index in [0.29, 0.717) is 37.2 Å². The second kappa shape index (κ2) is 9.73. The Morgan fingerprint density at radius 1 is 1.08 bits per heavy atom. The fourth-order valence-electron chi connectivity index (χ4n) is 8.08. The largest absolute Gasteiger partial charge is 0.445 e. The number of hydrogen-bond donors (Lipinski definition) is 1. The normalized spacial score (nSPS) is 28.2. The quantitative estimate of drug-likeness (QED) is 0.525. The van der Waals surface area contributed by atoms with Crippen LogP contribution < -0.4 is 5.32 Å². The third-order valence-corrected chi connectivity index (χ3v) is 10.2. The topological polar surface area (TPSA) is 76.5 Å². The molecule has 4 aliphatic rings. The van der Waals surface area contributed by atoms with Gasteiger partial charge in [-0.1, -0.05) is 70.4 Å². The fourth-order valence-corrected chi connectivity index (χ4v) is 8.08. The van der Waals surface area contributed by atoms with Crippen LogP contribution in [-0.2, 0) is 24.3 Å². The second-order valence-electron chi connectivity index (χ2n) is 13.0. The second-order valence-corrected chi connectivity index (χ2v) is 13.0. The lowest BCUT2D eigenvalue weighted by Gasteiger charge is -2.43. The molecule has 1 aromatic heterocycles. The molecule has 3 atom stereocenters. The molecule has 2 amide bonds. The van der Waals surface area contributed by atoms with Gasteiger partial charge in [0.15, 0.2) is 5.69 Å². The summed E-state index contributed by atoms with van der Waals surface area (Å²) in [6.45, 7) is 8.16. The molecule has 6 rings (SSSR count). The highest BCUT2D eigenvalue weighted by Crippen LogP contribution is 2.62. The minimum atomic E-state index is -0.335. The van der Waals surface area contributed by atoms with Gasteiger partial charge >= 0.3 is 6.09 Å². The van der Waals surface area contributed by atoms with E-state index in [2.05, 4.69) is 30.8 Å². The third kappa shape index (κ3) is 4.42. The monoisotopic (exact) mass is 518 g/mol. The van der Waals surface area contributed by atoms with Crippen LogP contribution in [0, 0.1) is 16.7 Å². The van der Waals surface area contributed by atoms with Gasteiger partial charge < -0.3 is 15.0 Å². The highest BCUT2D eigenvalue weighted by molar-refractivity contribution is 5.94. The SMILES string of the molecule is CC12CCC(C1)C(C)(C)C2NC(=O)c1nn(C2CCCCC2)c2c1CN(C(=O)OCc1ccccc1)CC2. The van der Waals surface area contributed by atoms with Crippen molar-refractivity contribution in [3.63, 3.8) is 0 Å². The molecule has 7 heteroatoms. The zero-order chi connectivity index (χ0) is 26.5. The Kier molecular flexibility index (Phi) is 6.51. The summed E-state index contributed by atoms with van der Waals surface area (Å²) >= 11 is 0. The Morgan fingerprint density at radius 3 is 2.55 bits per heavy atom. The Labute approximate surface area is 226 Å². The van der Waals surface area contributed by atoms with Gasteiger partial charge in [0, 0.05) is 30.3 Å². The van der Waals surface area contributed by atoms with Crippen molar-refractivity contribution in [1.29, 1.82) is 0 Å². The van der Waals surface area contributed by atoms with Crippen LogP contribution in [0.1, 0.15) is 105 Å². The number of rotatable bonds is 5. The molecule has 38 heavy (non-hydrogen) atoms. The van der Waals surface area contributed by atoms with Crippen molar-refractivity contribution in [2.45, 2.75) is 104 Å². The number of hydrogen-bond acceptors (Lipinski definition) is 4. The summed E-state index contributed by atoms with van der Waals surface area (Å²) in [5.41, 5.74) is 3.72. The summed E-state index contributed by atoms with van der Waals surface area (Å²) in [7, 11) is 0. The molecule has 3 unspecified atom stereocenters. The molecular weight excluding hydrogens is 476 g/mol. The molecule has 2 bridgehead atoms. The number of benzene rings is 1. The Hall–Kier alpha value is -2.83. The first-order valence-corrected chi connectivity index (χ1v) is 14.6. The smallest absolute Gasteiger partial charge is 0.410 e. The Morgan fingerprint density at radius 2 is 1.84 bits per heavy atom. The maximum Gasteiger partial charge on any atom is 0.410 e. The van der Waals surface area contributed by atoms with Crippen LogP contribution in [0.4, 0.5) is 4.79 Å². The molecule has 7 nitrogen and oxygen atoms in total. The van der Waals surface area contributed by atoms with Crippen LogP contribution in [0.5, 0.6) is 0 Å². The van der Waals surface area contributed by atoms with Gasteiger partial charge in [0.1, 0.15) is 6.61 Å². The van der Waals surface area contributed by atoms with E-state index in [1.165, 1.54) is 38.5 Å². The number of nitrogens with zero attached hydrogens (tertiary/aromatic N) is 3. The van der Waals surface area contributed by atoms with E-state index in [0.717, 1.165) is 29.7 Å². The van der Waals surface area contributed by atoms with Crippen LogP contribution in [0.25, 0.3) is 0 Å². The molecule has 1 N–H and O–H groups in total. The molecule has 2 heterocycles. The molecule has 2 aromatic rings. The van der Waals surface area contributed by atoms with Crippen molar-refractivity contribution in [3.8, 4) is 0 Å². The van der Waals surface area contributed by atoms with Crippen LogP contribution in [0.3, 0.4) is 0 Å². The van der Waals surface area contributed by atoms with Gasteiger partial charge in [0.05, 0.1) is 12.6 Å². The van der Waals surface area contributed by atoms with Gasteiger partial charge in [-0.3, -0.25) is 9.48 Å². The maximum absolute atomic E-state index is 13.9. The Bertz CT molecular complexity index is 1190. The van der Waals surface area contributed by atoms with Gasteiger partial charge in [-0.05, 0) is 54.4 Å². The van der Waals surface area contributed by atoms with E-state index < -0.39 is 0 Å². The van der Waals surface area contributed by atoms with Gasteiger partial charge in [0.25, 0.3) is 5.91 Å². The summed E-state index contributed by atoms with van der Waals surface area (Å²) in [5.74, 6) is 0.573. The van der Waals surface area contributed by atoms with Crippen molar-refractivity contribution in [2.75, 3.05) is 6.54 Å². The molecule has 0 spiro atoms. The first-order valence-electron chi connectivity index (χ1n) is 14.6. The summed E-state index contributed by atoms with van der Waals surface area (Å²) in [6.07, 6.45) is 9.85. The zero-order valence-electron chi connectivity index (χ0n) is 23.2. The predicted molar refractivity (Wildman–Crippen MR) is 146 cm³/mol. The zero-order valence-corrected chi connectivity index (χ0v) is 23.2. The summed E-state index contributed by atoms with van der Waals surface area (Å²) in [6, 6.07) is 10.2. The molecule has 3 saturated carbocycles. The lowest BCUT2D eigenvalue weighted by atomic mass is 9.68. The van der Waals surface area contributed by atoms with Crippen molar-refractivity contribution in [2.24, 2.45) is 16.7 Å². The van der Waals surface area contributed by atoms with Crippen LogP contribution in [0.2, 0.25) is 0 Å². The lowest BCUT2D eigenvalue weighted by Crippen LogP contribution is -2.52. The van der Waals surface area contributed by atoms with E-state index in [1.54, 1.807) is 4.90 Å². The molecule has 3 fully saturated rings. The number of ether oxygens (including phenoxy) is 1. The van der Waals surface area contributed by atoms with E-state index in [4.69, 9.17) is 9.84 Å². The third-order valence-electron chi connectivity index (χ3n) is 10.2. The first-order chi connectivity index (χ1) is 18.3. The Balaban J connectivity index is 1.25. The number of amides is 2. The minimum Gasteiger partial charge on any atom is -0.445 e. The number of aromatic nitrogens is 2. The molecule has 204 valence electrons. The molecule has 3 aliphatic carbocycles. The highest BCUT2D eigenvalue weighted by atomic mass is 16.6. The average Bonchev–Trinajstić information content (AvgIpc) is 3.57. The van der Waals surface area contributed by atoms with E-state index in [9.17, 15) is 9.59 Å². The predicted octanol–water partition coefficient (Wildman–Crippen LogP) is 6.03. The van der Waals surface area contributed by atoms with Crippen LogP contribution in [-0.4, -0.2) is 39.3 Å². The first kappa shape index (κ1) is 25.4. The minimum absolute atomic E-state index is 0.0714. The van der Waals surface area contributed by atoms with Gasteiger partial charge in [-0.25, -0.2) is 4.79 Å². The molecule has 1 aromatic carbocycles. The van der Waals surface area contributed by atoms with E-state index in [1.807, 2.05) is 30.3 Å². The fraction of sp³-hybridized carbons (Fsp3) is 0.645. The molecule has 1 aliphatic heterocycles. The maximum atomic E-state index is 13.9. The van der Waals surface area contributed by atoms with Crippen LogP contribution in [0.15, 0.2) is 30.3 Å². The number of nitrogens with one attached hydrogen (secondary N) is 1. The molecular formula is C31H42N4O3. The number of carbonyl (C=O) groups is 2. The van der Waals surface area contributed by atoms with Crippen molar-refractivity contribution < 1.29 is 14.3 Å². The van der Waals surface area contributed by atoms with Crippen molar-refractivity contribution in [3.05, 3.63) is 52.8 Å². The number of fused-ring (bicyclic) bond motifs is 3. The lowest BCUT2D eigenvalue weighted by molar-refractivity contribution is 0.0727. The van der Waals surface area contributed by atoms with Crippen molar-refractivity contribution >= 4 is 12.0 Å². The van der Waals surface area contributed by atoms with Crippen molar-refractivity contribution in [1.82, 2.24) is 20.0 Å². The van der Waals surface area contributed by atoms with Gasteiger partial charge in [0.2, 0.25) is 0 Å². The van der Waals surface area contributed by atoms with E-state index in [-0.39, 0.29) is 35.5 Å². The highest BCUT2D eigenvalue weighted by Gasteiger charge is 2.59. The number of carbonyl (C=O) groups excluding carboxylic acids is 2. The molecule has 0 saturated heterocycles.